The van der Waals surface area contributed by atoms with Crippen molar-refractivity contribution in [3.63, 3.8) is 0 Å². The van der Waals surface area contributed by atoms with Gasteiger partial charge in [0.15, 0.2) is 17.5 Å². The van der Waals surface area contributed by atoms with Crippen LogP contribution in [0.25, 0.3) is 0 Å². The van der Waals surface area contributed by atoms with Gasteiger partial charge in [0, 0.05) is 37.7 Å². The van der Waals surface area contributed by atoms with Gasteiger partial charge in [0.1, 0.15) is 0 Å². The van der Waals surface area contributed by atoms with E-state index in [9.17, 15) is 8.42 Å². The predicted octanol–water partition coefficient (Wildman–Crippen LogP) is 1.14. The zero-order valence-electron chi connectivity index (χ0n) is 16.7. The van der Waals surface area contributed by atoms with Crippen molar-refractivity contribution in [1.29, 1.82) is 0 Å². The van der Waals surface area contributed by atoms with Crippen LogP contribution >= 0.6 is 11.8 Å². The van der Waals surface area contributed by atoms with Crippen LogP contribution in [-0.2, 0) is 16.6 Å². The van der Waals surface area contributed by atoms with Crippen molar-refractivity contribution < 1.29 is 17.9 Å². The molecule has 1 aliphatic heterocycles. The minimum atomic E-state index is -3.23. The van der Waals surface area contributed by atoms with Gasteiger partial charge in [0.05, 0.1) is 26.5 Å². The van der Waals surface area contributed by atoms with Gasteiger partial charge in [-0.3, -0.25) is 0 Å². The van der Waals surface area contributed by atoms with E-state index in [1.807, 2.05) is 25.1 Å². The fourth-order valence-electron chi connectivity index (χ4n) is 2.74. The first-order chi connectivity index (χ1) is 13.5. The molecule has 0 unspecified atom stereocenters. The molecule has 0 aliphatic carbocycles. The average molecular weight is 431 g/mol. The summed E-state index contributed by atoms with van der Waals surface area (Å²) in [4.78, 5) is 4.53. The number of nitrogens with zero attached hydrogens (tertiary/aromatic N) is 2. The van der Waals surface area contributed by atoms with Crippen LogP contribution in [0.3, 0.4) is 0 Å². The van der Waals surface area contributed by atoms with Gasteiger partial charge in [-0.2, -0.15) is 11.8 Å². The van der Waals surface area contributed by atoms with Crippen LogP contribution < -0.4 is 20.1 Å². The first-order valence-corrected chi connectivity index (χ1v) is 12.0. The third-order valence-corrected chi connectivity index (χ3v) is 7.04. The molecule has 158 valence electrons. The lowest BCUT2D eigenvalue weighted by Crippen LogP contribution is -2.44. The van der Waals surface area contributed by atoms with E-state index < -0.39 is 10.0 Å². The van der Waals surface area contributed by atoms with Gasteiger partial charge in [-0.15, -0.1) is 0 Å². The van der Waals surface area contributed by atoms with Gasteiger partial charge >= 0.3 is 0 Å². The molecule has 1 aromatic carbocycles. The van der Waals surface area contributed by atoms with Crippen molar-refractivity contribution in [1.82, 2.24) is 14.9 Å². The van der Waals surface area contributed by atoms with Gasteiger partial charge in [-0.05, 0) is 24.6 Å². The maximum atomic E-state index is 12.4. The Morgan fingerprint density at radius 3 is 2.54 bits per heavy atom. The van der Waals surface area contributed by atoms with Crippen LogP contribution in [0.1, 0.15) is 12.5 Å². The second kappa shape index (κ2) is 11.4. The summed E-state index contributed by atoms with van der Waals surface area (Å²) in [6.45, 7) is 4.60. The zero-order chi connectivity index (χ0) is 20.4. The molecule has 0 atom stereocenters. The summed E-state index contributed by atoms with van der Waals surface area (Å²) >= 11 is 1.79. The van der Waals surface area contributed by atoms with Gasteiger partial charge in [0.2, 0.25) is 10.0 Å². The molecular formula is C18H30N4O4S2. The molecule has 0 spiro atoms. The van der Waals surface area contributed by atoms with Crippen molar-refractivity contribution in [2.24, 2.45) is 4.99 Å². The molecule has 1 saturated heterocycles. The first kappa shape index (κ1) is 22.6. The normalized spacial score (nSPS) is 15.9. The molecule has 28 heavy (non-hydrogen) atoms. The number of sulfonamides is 1. The van der Waals surface area contributed by atoms with E-state index in [1.165, 1.54) is 0 Å². The Morgan fingerprint density at radius 1 is 1.18 bits per heavy atom. The summed E-state index contributed by atoms with van der Waals surface area (Å²) in [6.07, 6.45) is 0. The van der Waals surface area contributed by atoms with Crippen molar-refractivity contribution in [3.8, 4) is 11.5 Å². The van der Waals surface area contributed by atoms with Crippen LogP contribution in [0.2, 0.25) is 0 Å². The number of thioether (sulfide) groups is 1. The van der Waals surface area contributed by atoms with Gasteiger partial charge < -0.3 is 20.1 Å². The maximum Gasteiger partial charge on any atom is 0.215 e. The lowest BCUT2D eigenvalue weighted by Gasteiger charge is -2.25. The number of nitrogens with one attached hydrogen (secondary N) is 2. The smallest absolute Gasteiger partial charge is 0.215 e. The van der Waals surface area contributed by atoms with Gasteiger partial charge in [-0.1, -0.05) is 6.07 Å². The molecule has 1 aliphatic rings. The first-order valence-electron chi connectivity index (χ1n) is 9.28. The fourth-order valence-corrected chi connectivity index (χ4v) is 5.23. The van der Waals surface area contributed by atoms with Crippen molar-refractivity contribution in [2.75, 3.05) is 57.7 Å². The molecular weight excluding hydrogens is 400 g/mol. The van der Waals surface area contributed by atoms with Crippen molar-refractivity contribution in [2.45, 2.75) is 13.5 Å². The Kier molecular flexibility index (Phi) is 9.20. The number of hydrogen-bond acceptors (Lipinski definition) is 6. The van der Waals surface area contributed by atoms with E-state index in [4.69, 9.17) is 9.47 Å². The monoisotopic (exact) mass is 430 g/mol. The van der Waals surface area contributed by atoms with E-state index in [1.54, 1.807) is 30.3 Å². The zero-order valence-corrected chi connectivity index (χ0v) is 18.4. The Balaban J connectivity index is 1.93. The lowest BCUT2D eigenvalue weighted by molar-refractivity contribution is 0.354. The minimum absolute atomic E-state index is 0.0540. The number of methoxy groups -OCH3 is 2. The highest BCUT2D eigenvalue weighted by Crippen LogP contribution is 2.27. The van der Waals surface area contributed by atoms with Crippen LogP contribution in [0.5, 0.6) is 11.5 Å². The number of guanidine groups is 1. The topological polar surface area (TPSA) is 92.3 Å². The Labute approximate surface area is 172 Å². The molecule has 10 heteroatoms. The van der Waals surface area contributed by atoms with E-state index in [2.05, 4.69) is 15.6 Å². The highest BCUT2D eigenvalue weighted by Gasteiger charge is 2.23. The minimum Gasteiger partial charge on any atom is -0.493 e. The number of aliphatic imine (C=N–C) groups is 1. The summed E-state index contributed by atoms with van der Waals surface area (Å²) in [5, 5.41) is 6.25. The van der Waals surface area contributed by atoms with E-state index in [0.29, 0.717) is 50.2 Å². The number of benzene rings is 1. The third-order valence-electron chi connectivity index (χ3n) is 4.23. The summed E-state index contributed by atoms with van der Waals surface area (Å²) in [5.74, 6) is 3.69. The van der Waals surface area contributed by atoms with Crippen LogP contribution in [0.4, 0.5) is 0 Å². The van der Waals surface area contributed by atoms with E-state index in [-0.39, 0.29) is 5.75 Å². The summed E-state index contributed by atoms with van der Waals surface area (Å²) in [5.41, 5.74) is 0.966. The molecule has 2 N–H and O–H groups in total. The third kappa shape index (κ3) is 6.75. The van der Waals surface area contributed by atoms with Crippen LogP contribution in [0.15, 0.2) is 23.2 Å². The molecule has 1 fully saturated rings. The molecule has 0 aromatic heterocycles. The Hall–Kier alpha value is -1.65. The SMILES string of the molecule is CCNC(=NCc1ccc(OC)c(OC)c1)NCCS(=O)(=O)N1CCSCC1. The largest absolute Gasteiger partial charge is 0.493 e. The number of rotatable bonds is 9. The Bertz CT molecular complexity index is 750. The molecule has 0 radical (unpaired) electrons. The van der Waals surface area contributed by atoms with Crippen LogP contribution in [0, 0.1) is 0 Å². The van der Waals surface area contributed by atoms with Crippen molar-refractivity contribution in [3.05, 3.63) is 23.8 Å². The van der Waals surface area contributed by atoms with E-state index >= 15 is 0 Å². The highest BCUT2D eigenvalue weighted by atomic mass is 32.2. The highest BCUT2D eigenvalue weighted by molar-refractivity contribution is 7.99. The Morgan fingerprint density at radius 2 is 1.89 bits per heavy atom. The second-order valence-electron chi connectivity index (χ2n) is 6.14. The van der Waals surface area contributed by atoms with Crippen LogP contribution in [-0.4, -0.2) is 76.3 Å². The number of ether oxygens (including phenoxy) is 2. The van der Waals surface area contributed by atoms with E-state index in [0.717, 1.165) is 17.1 Å². The molecule has 0 saturated carbocycles. The molecule has 0 amide bonds. The summed E-state index contributed by atoms with van der Waals surface area (Å²) in [7, 11) is -0.0414. The quantitative estimate of drug-likeness (QED) is 0.448. The average Bonchev–Trinajstić information content (AvgIpc) is 2.72. The predicted molar refractivity (Wildman–Crippen MR) is 115 cm³/mol. The maximum absolute atomic E-state index is 12.4. The summed E-state index contributed by atoms with van der Waals surface area (Å²) in [6, 6.07) is 5.64. The lowest BCUT2D eigenvalue weighted by atomic mass is 10.2. The number of hydrogen-bond donors (Lipinski definition) is 2. The molecule has 1 heterocycles. The molecule has 1 aromatic rings. The van der Waals surface area contributed by atoms with Gasteiger partial charge in [0.25, 0.3) is 0 Å². The fraction of sp³-hybridized carbons (Fsp3) is 0.611. The second-order valence-corrected chi connectivity index (χ2v) is 9.45. The molecule has 8 nitrogen and oxygen atoms in total. The summed E-state index contributed by atoms with van der Waals surface area (Å²) < 4.78 is 37.0. The van der Waals surface area contributed by atoms with Crippen molar-refractivity contribution >= 4 is 27.7 Å². The van der Waals surface area contributed by atoms with Gasteiger partial charge in [-0.25, -0.2) is 17.7 Å². The molecule has 2 rings (SSSR count). The standard InChI is InChI=1S/C18H30N4O4S2/c1-4-19-18(20-7-12-28(23,24)22-8-10-27-11-9-22)21-14-15-5-6-16(25-2)17(13-15)26-3/h5-6,13H,4,7-12,14H2,1-3H3,(H2,19,20,21). The molecule has 0 bridgehead atoms.